The molecule has 6 aliphatic rings. The summed E-state index contributed by atoms with van der Waals surface area (Å²) in [7, 11) is 6.75. The molecule has 45 heavy (non-hydrogen) atoms. The van der Waals surface area contributed by atoms with E-state index in [4.69, 9.17) is 23.7 Å². The Morgan fingerprint density at radius 2 is 1.82 bits per heavy atom. The number of amides is 1. The van der Waals surface area contributed by atoms with Gasteiger partial charge >= 0.3 is 5.97 Å². The molecule has 11 nitrogen and oxygen atoms in total. The number of hydrogen-bond donors (Lipinski definition) is 3. The van der Waals surface area contributed by atoms with Crippen molar-refractivity contribution in [1.82, 2.24) is 4.90 Å². The second kappa shape index (κ2) is 10.7. The Morgan fingerprint density at radius 1 is 1.07 bits per heavy atom. The maximum absolute atomic E-state index is 13.7. The summed E-state index contributed by atoms with van der Waals surface area (Å²) in [5.41, 5.74) is -3.68. The van der Waals surface area contributed by atoms with Crippen molar-refractivity contribution >= 4 is 17.6 Å². The van der Waals surface area contributed by atoms with Gasteiger partial charge in [-0.15, -0.1) is 0 Å². The number of methoxy groups -OCH3 is 4. The summed E-state index contributed by atoms with van der Waals surface area (Å²) in [4.78, 5) is 27.9. The highest BCUT2D eigenvalue weighted by Crippen LogP contribution is 2.80. The first-order valence-electron chi connectivity index (χ1n) is 16.4. The van der Waals surface area contributed by atoms with Crippen molar-refractivity contribution in [3.8, 4) is 0 Å². The number of ether oxygens (including phenoxy) is 5. The molecule has 1 aliphatic heterocycles. The Labute approximate surface area is 264 Å². The average Bonchev–Trinajstić information content (AvgIpc) is 3.45. The van der Waals surface area contributed by atoms with Gasteiger partial charge in [0, 0.05) is 76.9 Å². The quantitative estimate of drug-likeness (QED) is 0.349. The van der Waals surface area contributed by atoms with Gasteiger partial charge in [-0.1, -0.05) is 19.1 Å². The molecule has 1 spiro atoms. The van der Waals surface area contributed by atoms with E-state index in [0.717, 1.165) is 12.8 Å². The summed E-state index contributed by atoms with van der Waals surface area (Å²) < 4.78 is 31.2. The smallest absolute Gasteiger partial charge is 0.340 e. The summed E-state index contributed by atoms with van der Waals surface area (Å²) in [5, 5.41) is 29.2. The number of likely N-dealkylation sites (tertiary alicyclic amines) is 1. The fourth-order valence-electron chi connectivity index (χ4n) is 12.2. The van der Waals surface area contributed by atoms with Gasteiger partial charge in [-0.3, -0.25) is 9.69 Å². The van der Waals surface area contributed by atoms with Gasteiger partial charge in [-0.2, -0.15) is 0 Å². The lowest BCUT2D eigenvalue weighted by molar-refractivity contribution is -0.320. The van der Waals surface area contributed by atoms with Gasteiger partial charge in [0.2, 0.25) is 5.91 Å². The van der Waals surface area contributed by atoms with Crippen LogP contribution >= 0.6 is 0 Å². The van der Waals surface area contributed by atoms with Gasteiger partial charge in [0.1, 0.15) is 11.2 Å². The minimum Gasteiger partial charge on any atom is -0.461 e. The maximum atomic E-state index is 13.7. The van der Waals surface area contributed by atoms with Crippen molar-refractivity contribution in [3.05, 3.63) is 29.8 Å². The molecule has 0 radical (unpaired) electrons. The van der Waals surface area contributed by atoms with Crippen molar-refractivity contribution in [3.63, 3.8) is 0 Å². The number of esters is 1. The third-order valence-electron chi connectivity index (χ3n) is 13.3. The lowest BCUT2D eigenvalue weighted by Crippen LogP contribution is -2.82. The fraction of sp³-hybridized carbons (Fsp3) is 0.765. The molecule has 1 unspecified atom stereocenters. The molecule has 5 saturated carbocycles. The van der Waals surface area contributed by atoms with Gasteiger partial charge in [0.05, 0.1) is 48.3 Å². The molecule has 3 N–H and O–H groups in total. The highest BCUT2D eigenvalue weighted by atomic mass is 16.5. The third-order valence-corrected chi connectivity index (χ3v) is 13.3. The van der Waals surface area contributed by atoms with Gasteiger partial charge < -0.3 is 39.2 Å². The number of piperidine rings is 1. The van der Waals surface area contributed by atoms with E-state index in [1.807, 2.05) is 0 Å². The van der Waals surface area contributed by atoms with Crippen molar-refractivity contribution < 1.29 is 43.5 Å². The van der Waals surface area contributed by atoms with Crippen LogP contribution in [0.25, 0.3) is 0 Å². The number of para-hydroxylation sites is 1. The molecule has 1 saturated heterocycles. The van der Waals surface area contributed by atoms with Crippen molar-refractivity contribution in [1.29, 1.82) is 0 Å². The molecule has 1 aromatic carbocycles. The normalized spacial score (nSPS) is 47.4. The number of carbonyl (C=O) groups excluding carboxylic acids is 2. The number of rotatable bonds is 9. The Bertz CT molecular complexity index is 1360. The zero-order valence-corrected chi connectivity index (χ0v) is 27.2. The molecule has 248 valence electrons. The Morgan fingerprint density at radius 3 is 2.47 bits per heavy atom. The summed E-state index contributed by atoms with van der Waals surface area (Å²) in [5.74, 6) is -1.36. The van der Waals surface area contributed by atoms with E-state index in [-0.39, 0.29) is 60.1 Å². The molecule has 7 rings (SSSR count). The van der Waals surface area contributed by atoms with Gasteiger partial charge in [0.15, 0.2) is 0 Å². The molecule has 13 atom stereocenters. The van der Waals surface area contributed by atoms with Crippen LogP contribution in [0.3, 0.4) is 0 Å². The van der Waals surface area contributed by atoms with Crippen LogP contribution in [0.4, 0.5) is 5.69 Å². The monoisotopic (exact) mass is 628 g/mol. The van der Waals surface area contributed by atoms with E-state index in [9.17, 15) is 19.8 Å². The maximum Gasteiger partial charge on any atom is 0.340 e. The molecule has 1 amide bonds. The topological polar surface area (TPSA) is 136 Å². The predicted molar refractivity (Wildman–Crippen MR) is 162 cm³/mol. The Balaban J connectivity index is 1.37. The number of nitrogens with one attached hydrogen (secondary N) is 1. The summed E-state index contributed by atoms with van der Waals surface area (Å²) >= 11 is 0. The molecule has 1 heterocycles. The number of carbonyl (C=O) groups is 2. The SMILES string of the molecule is CCN1C[C@@]2(COC(=O)c3ccccc3NC(C)=O)CC[C@H](OC)[C@@]34C1[C@@](O)([C@@H](OC)[C@@H]23)[C@]1(O)C[C@@H](OC)[C@@H]2C[C@H]4[C@H]1[C@@H]2OC. The van der Waals surface area contributed by atoms with E-state index in [1.165, 1.54) is 6.92 Å². The first-order valence-corrected chi connectivity index (χ1v) is 16.4. The molecular weight excluding hydrogens is 580 g/mol. The number of aliphatic hydroxyl groups is 2. The minimum atomic E-state index is -1.66. The van der Waals surface area contributed by atoms with Crippen LogP contribution in [0.5, 0.6) is 0 Å². The minimum absolute atomic E-state index is 0.0387. The van der Waals surface area contributed by atoms with E-state index in [1.54, 1.807) is 52.7 Å². The lowest BCUT2D eigenvalue weighted by Gasteiger charge is -2.70. The first kappa shape index (κ1) is 31.5. The first-order chi connectivity index (χ1) is 21.5. The number of anilines is 1. The van der Waals surface area contributed by atoms with E-state index in [2.05, 4.69) is 17.1 Å². The van der Waals surface area contributed by atoms with E-state index >= 15 is 0 Å². The molecular formula is C34H48N2O9. The van der Waals surface area contributed by atoms with Crippen molar-refractivity contribution in [2.45, 2.75) is 81.2 Å². The lowest BCUT2D eigenvalue weighted by atomic mass is 9.42. The third kappa shape index (κ3) is 3.72. The number of nitrogens with zero attached hydrogens (tertiary/aromatic N) is 1. The Hall–Kier alpha value is -2.12. The van der Waals surface area contributed by atoms with Crippen LogP contribution in [0.15, 0.2) is 24.3 Å². The van der Waals surface area contributed by atoms with Crippen LogP contribution in [0.2, 0.25) is 0 Å². The second-order valence-electron chi connectivity index (χ2n) is 14.5. The van der Waals surface area contributed by atoms with Gasteiger partial charge in [0.25, 0.3) is 0 Å². The van der Waals surface area contributed by atoms with Crippen LogP contribution in [-0.2, 0) is 28.5 Å². The summed E-state index contributed by atoms with van der Waals surface area (Å²) in [6.07, 6.45) is 0.993. The molecule has 7 bridgehead atoms. The van der Waals surface area contributed by atoms with E-state index < -0.39 is 40.1 Å². The largest absolute Gasteiger partial charge is 0.461 e. The number of fused-ring (bicyclic) bond motifs is 2. The molecule has 11 heteroatoms. The summed E-state index contributed by atoms with van der Waals surface area (Å²) in [6.45, 7) is 4.81. The van der Waals surface area contributed by atoms with Gasteiger partial charge in [-0.25, -0.2) is 4.79 Å². The van der Waals surface area contributed by atoms with Crippen molar-refractivity contribution in [2.75, 3.05) is 53.5 Å². The fourth-order valence-corrected chi connectivity index (χ4v) is 12.2. The molecule has 1 aromatic rings. The highest BCUT2D eigenvalue weighted by molar-refractivity contribution is 6.00. The number of likely N-dealkylation sites (N-methyl/N-ethyl adjacent to an activating group) is 1. The zero-order valence-electron chi connectivity index (χ0n) is 27.2. The zero-order chi connectivity index (χ0) is 32.1. The van der Waals surface area contributed by atoms with Crippen LogP contribution < -0.4 is 5.32 Å². The van der Waals surface area contributed by atoms with Crippen LogP contribution in [0.1, 0.15) is 49.9 Å². The number of benzene rings is 1. The van der Waals surface area contributed by atoms with Crippen LogP contribution in [-0.4, -0.2) is 117 Å². The number of hydrogen-bond acceptors (Lipinski definition) is 10. The molecule has 5 aliphatic carbocycles. The summed E-state index contributed by atoms with van der Waals surface area (Å²) in [6, 6.07) is 6.41. The molecule has 0 aromatic heterocycles. The second-order valence-corrected chi connectivity index (χ2v) is 14.5. The molecule has 6 fully saturated rings. The Kier molecular flexibility index (Phi) is 7.48. The van der Waals surface area contributed by atoms with Crippen molar-refractivity contribution in [2.24, 2.45) is 34.5 Å². The van der Waals surface area contributed by atoms with Crippen LogP contribution in [0, 0.1) is 34.5 Å². The van der Waals surface area contributed by atoms with E-state index in [0.29, 0.717) is 31.6 Å². The standard InChI is InChI=1S/C34H48N2O9/c1-7-36-16-31(17-45-29(38)19-10-8-9-11-22(19)35-18(2)37)13-12-24(42-4)33-21-14-20-23(41-3)15-32(39,25(21)26(20)43-5)34(40,30(33)36)28(44-6)27(31)33/h8-11,20-21,23-28,30,39-40H,7,12-17H2,1-6H3,(H,35,37)/t20-,21-,23+,24-,25-,26+,27-,28-,30?,31+,32-,33+,34-/m0/s1. The average molecular weight is 629 g/mol. The van der Waals surface area contributed by atoms with Gasteiger partial charge in [-0.05, 0) is 43.9 Å². The highest BCUT2D eigenvalue weighted by Gasteiger charge is 2.91. The predicted octanol–water partition coefficient (Wildman–Crippen LogP) is 2.09.